The maximum atomic E-state index is 13.4. The van der Waals surface area contributed by atoms with E-state index in [0.717, 1.165) is 6.07 Å². The van der Waals surface area contributed by atoms with Crippen LogP contribution < -0.4 is 44.7 Å². The Morgan fingerprint density at radius 3 is 2.45 bits per heavy atom. The number of azo groups is 1. The Morgan fingerprint density at radius 1 is 1.05 bits per heavy atom. The summed E-state index contributed by atoms with van der Waals surface area (Å²) in [4.78, 5) is 12.7. The quantitative estimate of drug-likeness (QED) is 0.203. The molecule has 9 nitrogen and oxygen atoms in total. The minimum Gasteiger partial charge on any atom is -0.870 e. The monoisotopic (exact) mass is 581 g/mol. The van der Waals surface area contributed by atoms with Gasteiger partial charge in [0, 0.05) is 17.0 Å². The molecule has 0 atom stereocenters. The molecule has 0 unspecified atom stereocenters. The van der Waals surface area contributed by atoms with E-state index in [1.165, 1.54) is 32.2 Å². The fourth-order valence-electron chi connectivity index (χ4n) is 3.61. The molecule has 1 amide bonds. The molecule has 0 aliphatic rings. The van der Waals surface area contributed by atoms with E-state index in [9.17, 15) is 22.9 Å². The van der Waals surface area contributed by atoms with Crippen molar-refractivity contribution in [2.45, 2.75) is 11.8 Å². The average molecular weight is 582 g/mol. The molecule has 0 bridgehead atoms. The van der Waals surface area contributed by atoms with Crippen molar-refractivity contribution < 1.29 is 57.2 Å². The molecule has 0 aliphatic heterocycles. The summed E-state index contributed by atoms with van der Waals surface area (Å²) in [5, 5.41) is 25.3. The topological polar surface area (TPSA) is 140 Å². The van der Waals surface area contributed by atoms with Gasteiger partial charge in [-0.05, 0) is 48.2 Å². The Bertz CT molecular complexity index is 1700. The third kappa shape index (κ3) is 6.13. The molecule has 0 heterocycles. The largest absolute Gasteiger partial charge is 1.00 e. The summed E-state index contributed by atoms with van der Waals surface area (Å²) >= 11 is 12.4. The van der Waals surface area contributed by atoms with Gasteiger partial charge in [-0.25, -0.2) is 0 Å². The molecule has 4 aromatic rings. The van der Waals surface area contributed by atoms with Gasteiger partial charge < -0.3 is 15.2 Å². The van der Waals surface area contributed by atoms with Gasteiger partial charge >= 0.3 is 29.6 Å². The molecule has 2 N–H and O–H groups in total. The van der Waals surface area contributed by atoms with Gasteiger partial charge in [0.05, 0.1) is 33.4 Å². The molecule has 0 saturated heterocycles. The summed E-state index contributed by atoms with van der Waals surface area (Å²) < 4.78 is 37.6. The number of benzene rings is 4. The van der Waals surface area contributed by atoms with E-state index in [0.29, 0.717) is 16.5 Å². The van der Waals surface area contributed by atoms with Crippen LogP contribution in [0.4, 0.5) is 17.1 Å². The molecule has 0 radical (unpaired) electrons. The van der Waals surface area contributed by atoms with Gasteiger partial charge in [-0.1, -0.05) is 53.2 Å². The number of anilines is 1. The number of carbonyl (C=O) groups excluding carboxylic acids is 1. The van der Waals surface area contributed by atoms with E-state index in [1.54, 1.807) is 36.4 Å². The van der Waals surface area contributed by atoms with E-state index in [-0.39, 0.29) is 72.7 Å². The van der Waals surface area contributed by atoms with Crippen LogP contribution in [0.15, 0.2) is 75.8 Å². The number of carbonyl (C=O) groups is 1. The van der Waals surface area contributed by atoms with Gasteiger partial charge in [0.1, 0.15) is 11.4 Å². The molecule has 0 aliphatic carbocycles. The van der Waals surface area contributed by atoms with Gasteiger partial charge in [0.15, 0.2) is 0 Å². The van der Waals surface area contributed by atoms with Crippen LogP contribution in [0, 0.1) is 6.92 Å². The van der Waals surface area contributed by atoms with E-state index in [1.807, 2.05) is 0 Å². The fraction of sp³-hybridized carbons (Fsp3) is 0.0800. The van der Waals surface area contributed by atoms with E-state index < -0.39 is 21.8 Å². The molecule has 4 aromatic carbocycles. The maximum Gasteiger partial charge on any atom is 1.00 e. The van der Waals surface area contributed by atoms with Crippen LogP contribution >= 0.6 is 23.2 Å². The van der Waals surface area contributed by atoms with Crippen molar-refractivity contribution in [3.8, 4) is 11.5 Å². The molecule has 4 rings (SSSR count). The smallest absolute Gasteiger partial charge is 0.870 e. The van der Waals surface area contributed by atoms with Crippen LogP contribution in [0.1, 0.15) is 15.9 Å². The Balaban J connectivity index is 0.00000400. The maximum absolute atomic E-state index is 13.4. The molecule has 0 saturated carbocycles. The minimum absolute atomic E-state index is 0. The number of fused-ring (bicyclic) bond motifs is 1. The molecular formula is C25H18Cl2N3NaO6S. The van der Waals surface area contributed by atoms with Crippen LogP contribution in [0.2, 0.25) is 10.0 Å². The number of ether oxygens (including phenoxy) is 1. The SMILES string of the molecule is COc1ccc(Cl)c(NC(=O)c2cc3ccccc3c(N=Nc3ccc(S(=O)(=O)O)c(C)c3Cl)c2[O-])c1.[Na+]. The van der Waals surface area contributed by atoms with Crippen LogP contribution in [-0.2, 0) is 10.1 Å². The van der Waals surface area contributed by atoms with Crippen LogP contribution in [-0.4, -0.2) is 26.0 Å². The molecule has 0 aromatic heterocycles. The Labute approximate surface area is 250 Å². The second-order valence-electron chi connectivity index (χ2n) is 7.82. The minimum atomic E-state index is -4.49. The van der Waals surface area contributed by atoms with Crippen molar-refractivity contribution in [2.24, 2.45) is 10.2 Å². The number of rotatable bonds is 6. The summed E-state index contributed by atoms with van der Waals surface area (Å²) in [6.45, 7) is 1.40. The summed E-state index contributed by atoms with van der Waals surface area (Å²) in [5.41, 5.74) is 0.0650. The molecule has 38 heavy (non-hydrogen) atoms. The number of nitrogens with one attached hydrogen (secondary N) is 1. The fourth-order valence-corrected chi connectivity index (χ4v) is 4.76. The first kappa shape index (κ1) is 29.9. The Kier molecular flexibility index (Phi) is 9.43. The van der Waals surface area contributed by atoms with Gasteiger partial charge in [0.25, 0.3) is 16.0 Å². The molecular weight excluding hydrogens is 564 g/mol. The number of halogens is 2. The third-order valence-electron chi connectivity index (χ3n) is 5.49. The summed E-state index contributed by atoms with van der Waals surface area (Å²) in [6.07, 6.45) is 0. The predicted molar refractivity (Wildman–Crippen MR) is 140 cm³/mol. The zero-order valence-electron chi connectivity index (χ0n) is 20.3. The first-order valence-electron chi connectivity index (χ1n) is 10.6. The predicted octanol–water partition coefficient (Wildman–Crippen LogP) is 3.46. The Hall–Kier alpha value is -2.70. The summed E-state index contributed by atoms with van der Waals surface area (Å²) in [6, 6.07) is 15.3. The van der Waals surface area contributed by atoms with Crippen molar-refractivity contribution in [1.29, 1.82) is 0 Å². The number of hydrogen-bond donors (Lipinski definition) is 2. The van der Waals surface area contributed by atoms with Crippen molar-refractivity contribution >= 4 is 67.1 Å². The van der Waals surface area contributed by atoms with Crippen molar-refractivity contribution in [1.82, 2.24) is 0 Å². The summed E-state index contributed by atoms with van der Waals surface area (Å²) in [5.74, 6) is -0.947. The zero-order chi connectivity index (χ0) is 26.9. The van der Waals surface area contributed by atoms with Crippen molar-refractivity contribution in [2.75, 3.05) is 12.4 Å². The van der Waals surface area contributed by atoms with E-state index >= 15 is 0 Å². The van der Waals surface area contributed by atoms with Gasteiger partial charge in [-0.2, -0.15) is 13.5 Å². The number of hydrogen-bond acceptors (Lipinski definition) is 7. The first-order chi connectivity index (χ1) is 17.5. The second-order valence-corrected chi connectivity index (χ2v) is 9.99. The molecule has 0 spiro atoms. The van der Waals surface area contributed by atoms with Crippen molar-refractivity contribution in [3.05, 3.63) is 81.8 Å². The summed E-state index contributed by atoms with van der Waals surface area (Å²) in [7, 11) is -3.02. The zero-order valence-corrected chi connectivity index (χ0v) is 24.6. The van der Waals surface area contributed by atoms with Crippen molar-refractivity contribution in [3.63, 3.8) is 0 Å². The molecule has 0 fully saturated rings. The average Bonchev–Trinajstić information content (AvgIpc) is 2.86. The molecule has 13 heteroatoms. The number of amides is 1. The number of methoxy groups -OCH3 is 1. The third-order valence-corrected chi connectivity index (χ3v) is 7.30. The van der Waals surface area contributed by atoms with Gasteiger partial charge in [-0.3, -0.25) is 9.35 Å². The Morgan fingerprint density at radius 2 is 1.76 bits per heavy atom. The normalized spacial score (nSPS) is 11.4. The van der Waals surface area contributed by atoms with Crippen LogP contribution in [0.25, 0.3) is 10.8 Å². The number of nitrogens with zero attached hydrogens (tertiary/aromatic N) is 2. The van der Waals surface area contributed by atoms with Gasteiger partial charge in [0.2, 0.25) is 0 Å². The van der Waals surface area contributed by atoms with E-state index in [4.69, 9.17) is 27.9 Å². The molecule has 190 valence electrons. The first-order valence-corrected chi connectivity index (χ1v) is 12.8. The standard InChI is InChI=1S/C25H19Cl2N3O6S.Na/c1-13-21(37(33,34)35)10-9-19(22(13)27)29-30-23-16-6-4-3-5-14(16)11-17(24(23)31)25(32)28-20-12-15(36-2)7-8-18(20)26;/h3-12,31H,1-2H3,(H,28,32)(H,33,34,35);/q;+1/p-1. The second kappa shape index (κ2) is 12.0. The van der Waals surface area contributed by atoms with E-state index in [2.05, 4.69) is 15.5 Å². The van der Waals surface area contributed by atoms with Crippen LogP contribution in [0.3, 0.4) is 0 Å². The van der Waals surface area contributed by atoms with Gasteiger partial charge in [-0.15, -0.1) is 5.11 Å². The van der Waals surface area contributed by atoms with Crippen LogP contribution in [0.5, 0.6) is 11.5 Å².